The minimum absolute atomic E-state index is 0.837. The molecule has 4 aromatic rings. The van der Waals surface area contributed by atoms with E-state index in [1.807, 2.05) is 12.1 Å². The maximum atomic E-state index is 5.34. The molecule has 0 atom stereocenters. The molecule has 0 heterocycles. The molecule has 0 spiro atoms. The van der Waals surface area contributed by atoms with Crippen LogP contribution < -0.4 is 17.9 Å². The van der Waals surface area contributed by atoms with Crippen molar-refractivity contribution < 1.29 is 4.74 Å². The van der Waals surface area contributed by atoms with Crippen LogP contribution in [0.25, 0.3) is 5.57 Å². The zero-order chi connectivity index (χ0) is 21.7. The third-order valence-corrected chi connectivity index (χ3v) is 16.0. The van der Waals surface area contributed by atoms with E-state index in [1.165, 1.54) is 13.2 Å². The fraction of sp³-hybridized carbons (Fsp3) is 0.0345. The summed E-state index contributed by atoms with van der Waals surface area (Å²) in [4.78, 5) is 0. The number of benzene rings is 4. The molecule has 31 heavy (non-hydrogen) atoms. The third-order valence-electron chi connectivity index (χ3n) is 5.88. The van der Waals surface area contributed by atoms with Crippen LogP contribution in [0.1, 0.15) is 5.56 Å². The molecule has 0 bridgehead atoms. The van der Waals surface area contributed by atoms with Crippen molar-refractivity contribution in [2.24, 2.45) is 0 Å². The van der Waals surface area contributed by atoms with Gasteiger partial charge in [0.1, 0.15) is 0 Å². The van der Waals surface area contributed by atoms with Crippen molar-refractivity contribution in [1.82, 2.24) is 0 Å². The summed E-state index contributed by atoms with van der Waals surface area (Å²) in [6.07, 6.45) is 0. The molecule has 0 saturated carbocycles. The fourth-order valence-electron chi connectivity index (χ4n) is 4.28. The van der Waals surface area contributed by atoms with Crippen molar-refractivity contribution >= 4 is 32.0 Å². The number of ether oxygens (including phenoxy) is 1. The Hall–Kier alpha value is -3.30. The number of hydrogen-bond acceptors (Lipinski definition) is 1. The number of hydrogen-bond donors (Lipinski definition) is 0. The van der Waals surface area contributed by atoms with E-state index in [-0.39, 0.29) is 0 Å². The predicted octanol–water partition coefficient (Wildman–Crippen LogP) is 4.97. The second kappa shape index (κ2) is 9.24. The van der Waals surface area contributed by atoms with E-state index in [4.69, 9.17) is 11.3 Å². The molecular formula is C29H26GeO. The summed E-state index contributed by atoms with van der Waals surface area (Å²) < 4.78 is 10.5. The maximum absolute atomic E-state index is 5.34. The van der Waals surface area contributed by atoms with Gasteiger partial charge in [-0.1, -0.05) is 0 Å². The monoisotopic (exact) mass is 464 g/mol. The van der Waals surface area contributed by atoms with Crippen LogP contribution in [-0.2, 0) is 0 Å². The van der Waals surface area contributed by atoms with Gasteiger partial charge < -0.3 is 0 Å². The molecule has 0 aliphatic carbocycles. The number of methoxy groups -OCH3 is 1. The topological polar surface area (TPSA) is 9.23 Å². The summed E-state index contributed by atoms with van der Waals surface area (Å²) in [7, 11) is 1.68. The second-order valence-electron chi connectivity index (χ2n) is 7.53. The molecular weight excluding hydrogens is 437 g/mol. The molecule has 0 aliphatic heterocycles. The molecule has 0 aliphatic rings. The van der Waals surface area contributed by atoms with Gasteiger partial charge in [-0.25, -0.2) is 0 Å². The Kier molecular flexibility index (Phi) is 6.24. The molecule has 2 heteroatoms. The van der Waals surface area contributed by atoms with Crippen LogP contribution in [0.5, 0.6) is 5.75 Å². The summed E-state index contributed by atoms with van der Waals surface area (Å²) >= 11 is -3.34. The average Bonchev–Trinajstić information content (AvgIpc) is 2.86. The summed E-state index contributed by atoms with van der Waals surface area (Å²) in [5, 5.41) is 0. The summed E-state index contributed by atoms with van der Waals surface area (Å²) in [6, 6.07) is 40.7. The molecule has 1 nitrogen and oxygen atoms in total. The summed E-state index contributed by atoms with van der Waals surface area (Å²) in [5.74, 6) is 0.837. The first-order valence-electron chi connectivity index (χ1n) is 10.4. The molecule has 0 radical (unpaired) electrons. The minimum atomic E-state index is -3.34. The van der Waals surface area contributed by atoms with Crippen LogP contribution in [-0.4, -0.2) is 20.4 Å². The van der Waals surface area contributed by atoms with Crippen molar-refractivity contribution in [3.05, 3.63) is 138 Å². The van der Waals surface area contributed by atoms with Crippen molar-refractivity contribution in [2.45, 2.75) is 0 Å². The molecule has 4 aromatic carbocycles. The van der Waals surface area contributed by atoms with E-state index in [0.717, 1.165) is 21.3 Å². The van der Waals surface area contributed by atoms with Crippen LogP contribution in [0.3, 0.4) is 0 Å². The first-order valence-corrected chi connectivity index (χ1v) is 14.6. The molecule has 0 saturated heterocycles. The van der Waals surface area contributed by atoms with Crippen LogP contribution in [0, 0.1) is 0 Å². The zero-order valence-electron chi connectivity index (χ0n) is 17.8. The predicted molar refractivity (Wildman–Crippen MR) is 135 cm³/mol. The zero-order valence-corrected chi connectivity index (χ0v) is 19.9. The van der Waals surface area contributed by atoms with E-state index >= 15 is 0 Å². The van der Waals surface area contributed by atoms with Crippen molar-refractivity contribution in [2.75, 3.05) is 7.11 Å². The molecule has 0 unspecified atom stereocenters. The Balaban J connectivity index is 1.97. The van der Waals surface area contributed by atoms with Gasteiger partial charge in [0.05, 0.1) is 0 Å². The van der Waals surface area contributed by atoms with Crippen molar-refractivity contribution in [3.8, 4) is 5.75 Å². The van der Waals surface area contributed by atoms with Gasteiger partial charge in [0.25, 0.3) is 0 Å². The van der Waals surface area contributed by atoms with E-state index in [1.54, 1.807) is 7.11 Å². The van der Waals surface area contributed by atoms with Gasteiger partial charge in [0.2, 0.25) is 0 Å². The van der Waals surface area contributed by atoms with Gasteiger partial charge in [0, 0.05) is 0 Å². The van der Waals surface area contributed by atoms with Gasteiger partial charge in [-0.15, -0.1) is 0 Å². The molecule has 0 fully saturated rings. The van der Waals surface area contributed by atoms with Crippen molar-refractivity contribution in [1.29, 1.82) is 0 Å². The van der Waals surface area contributed by atoms with Gasteiger partial charge in [-0.2, -0.15) is 0 Å². The van der Waals surface area contributed by atoms with Gasteiger partial charge >= 0.3 is 188 Å². The Morgan fingerprint density at radius 1 is 0.581 bits per heavy atom. The molecule has 0 amide bonds. The van der Waals surface area contributed by atoms with Crippen LogP contribution >= 0.6 is 0 Å². The number of rotatable bonds is 7. The first kappa shape index (κ1) is 21.0. The van der Waals surface area contributed by atoms with Crippen LogP contribution in [0.4, 0.5) is 0 Å². The van der Waals surface area contributed by atoms with Crippen LogP contribution in [0.2, 0.25) is 0 Å². The van der Waals surface area contributed by atoms with Gasteiger partial charge in [0.15, 0.2) is 0 Å². The standard InChI is InChI=1S/C29H26GeO/c1-23(25-19-21-29(31-3)22-20-25)24(2)30(26-13-7-4-8-14-26,27-15-9-5-10-16-27)28-17-11-6-12-18-28/h4-22H,1-2H2,3H3. The average molecular weight is 463 g/mol. The van der Waals surface area contributed by atoms with E-state index < -0.39 is 13.3 Å². The SMILES string of the molecule is C=C([C](=C)[Ge]([c]1ccccc1)([c]1ccccc1)[c]1ccccc1)c1ccc(OC)cc1. The Bertz CT molecular complexity index is 1070. The molecule has 152 valence electrons. The van der Waals surface area contributed by atoms with E-state index in [0.29, 0.717) is 0 Å². The first-order chi connectivity index (χ1) is 15.2. The Morgan fingerprint density at radius 2 is 0.968 bits per heavy atom. The Morgan fingerprint density at radius 3 is 1.32 bits per heavy atom. The van der Waals surface area contributed by atoms with E-state index in [9.17, 15) is 0 Å². The fourth-order valence-corrected chi connectivity index (χ4v) is 14.2. The van der Waals surface area contributed by atoms with Gasteiger partial charge in [-0.05, 0) is 0 Å². The normalized spacial score (nSPS) is 11.0. The van der Waals surface area contributed by atoms with Crippen LogP contribution in [0.15, 0.2) is 133 Å². The summed E-state index contributed by atoms with van der Waals surface area (Å²) in [5.41, 5.74) is 2.06. The quantitative estimate of drug-likeness (QED) is 0.278. The number of allylic oxidation sites excluding steroid dienone is 2. The third kappa shape index (κ3) is 3.89. The Labute approximate surface area is 187 Å². The molecule has 0 aromatic heterocycles. The molecule has 0 N–H and O–H groups in total. The summed E-state index contributed by atoms with van der Waals surface area (Å²) in [6.45, 7) is 9.26. The second-order valence-corrected chi connectivity index (χ2v) is 15.6. The van der Waals surface area contributed by atoms with Gasteiger partial charge in [-0.3, -0.25) is 0 Å². The van der Waals surface area contributed by atoms with Crippen molar-refractivity contribution in [3.63, 3.8) is 0 Å². The van der Waals surface area contributed by atoms with E-state index in [2.05, 4.69) is 110 Å². The molecule has 4 rings (SSSR count).